The number of rotatable bonds is 9. The van der Waals surface area contributed by atoms with Gasteiger partial charge in [0.15, 0.2) is 0 Å². The fraction of sp³-hybridized carbons (Fsp3) is 0.227. The topological polar surface area (TPSA) is 38.5 Å². The fourth-order valence-corrected chi connectivity index (χ4v) is 2.76. The monoisotopic (exact) mass is 348 g/mol. The number of furan rings is 1. The molecule has 1 aromatic carbocycles. The zero-order valence-corrected chi connectivity index (χ0v) is 15.1. The van der Waals surface area contributed by atoms with Crippen molar-refractivity contribution in [1.29, 1.82) is 0 Å². The molecule has 3 aromatic rings. The number of hydrogen-bond acceptors (Lipinski definition) is 4. The van der Waals surface area contributed by atoms with Gasteiger partial charge in [-0.05, 0) is 42.3 Å². The van der Waals surface area contributed by atoms with E-state index in [1.807, 2.05) is 49.5 Å². The Hall–Kier alpha value is -2.85. The Balaban J connectivity index is 1.77. The van der Waals surface area contributed by atoms with Gasteiger partial charge in [-0.2, -0.15) is 0 Å². The third-order valence-corrected chi connectivity index (χ3v) is 3.93. The zero-order valence-electron chi connectivity index (χ0n) is 15.1. The molecule has 0 aliphatic carbocycles. The molecule has 0 aliphatic rings. The number of hydrogen-bond donors (Lipinski definition) is 0. The van der Waals surface area contributed by atoms with Crippen molar-refractivity contribution >= 4 is 0 Å². The van der Waals surface area contributed by atoms with E-state index in [9.17, 15) is 0 Å². The van der Waals surface area contributed by atoms with Crippen LogP contribution in [0.4, 0.5) is 0 Å². The maximum atomic E-state index is 5.92. The molecule has 0 spiro atoms. The van der Waals surface area contributed by atoms with Crippen LogP contribution in [-0.4, -0.2) is 16.5 Å². The summed E-state index contributed by atoms with van der Waals surface area (Å²) in [4.78, 5) is 6.54. The van der Waals surface area contributed by atoms with Crippen molar-refractivity contribution in [2.75, 3.05) is 6.61 Å². The molecule has 0 amide bonds. The quantitative estimate of drug-likeness (QED) is 0.519. The Morgan fingerprint density at radius 2 is 1.96 bits per heavy atom. The van der Waals surface area contributed by atoms with Crippen LogP contribution in [0.5, 0.6) is 5.75 Å². The molecule has 0 saturated carbocycles. The summed E-state index contributed by atoms with van der Waals surface area (Å²) in [7, 11) is 0. The third-order valence-electron chi connectivity index (χ3n) is 3.93. The molecule has 0 radical (unpaired) electrons. The Labute approximate surface area is 154 Å². The van der Waals surface area contributed by atoms with Gasteiger partial charge in [0, 0.05) is 31.0 Å². The number of benzene rings is 1. The van der Waals surface area contributed by atoms with Crippen LogP contribution in [0.3, 0.4) is 0 Å². The number of ether oxygens (including phenoxy) is 1. The van der Waals surface area contributed by atoms with Crippen LogP contribution in [0.25, 0.3) is 0 Å². The van der Waals surface area contributed by atoms with E-state index in [1.54, 1.807) is 12.5 Å². The Morgan fingerprint density at radius 3 is 2.69 bits per heavy atom. The van der Waals surface area contributed by atoms with E-state index in [0.717, 1.165) is 42.3 Å². The largest absolute Gasteiger partial charge is 0.489 e. The minimum Gasteiger partial charge on any atom is -0.489 e. The lowest BCUT2D eigenvalue weighted by Crippen LogP contribution is -2.22. The highest BCUT2D eigenvalue weighted by Crippen LogP contribution is 2.22. The van der Waals surface area contributed by atoms with E-state index in [-0.39, 0.29) is 0 Å². The van der Waals surface area contributed by atoms with Crippen molar-refractivity contribution in [3.63, 3.8) is 0 Å². The van der Waals surface area contributed by atoms with Crippen molar-refractivity contribution in [3.8, 4) is 5.75 Å². The lowest BCUT2D eigenvalue weighted by atomic mass is 10.1. The number of nitrogens with zero attached hydrogens (tertiary/aromatic N) is 2. The highest BCUT2D eigenvalue weighted by atomic mass is 16.5. The van der Waals surface area contributed by atoms with Gasteiger partial charge >= 0.3 is 0 Å². The van der Waals surface area contributed by atoms with Crippen molar-refractivity contribution in [2.45, 2.75) is 26.6 Å². The van der Waals surface area contributed by atoms with E-state index in [0.29, 0.717) is 6.61 Å². The molecule has 134 valence electrons. The van der Waals surface area contributed by atoms with Crippen LogP contribution in [0.1, 0.15) is 23.8 Å². The van der Waals surface area contributed by atoms with E-state index >= 15 is 0 Å². The second-order valence-corrected chi connectivity index (χ2v) is 6.44. The standard InChI is InChI=1S/C22H24N2O2/c1-18(2)17-26-22-10-4-3-8-20(22)15-24(16-21-9-6-12-25-21)14-19-7-5-11-23-13-19/h3-13H,1,14-17H2,2H3. The molecule has 2 aromatic heterocycles. The first-order chi connectivity index (χ1) is 12.7. The summed E-state index contributed by atoms with van der Waals surface area (Å²) in [6, 6.07) is 16.1. The van der Waals surface area contributed by atoms with Crippen LogP contribution in [-0.2, 0) is 19.6 Å². The maximum absolute atomic E-state index is 5.92. The van der Waals surface area contributed by atoms with Gasteiger partial charge in [-0.25, -0.2) is 0 Å². The lowest BCUT2D eigenvalue weighted by molar-refractivity contribution is 0.222. The van der Waals surface area contributed by atoms with Gasteiger partial charge in [0.25, 0.3) is 0 Å². The first-order valence-electron chi connectivity index (χ1n) is 8.69. The van der Waals surface area contributed by atoms with E-state index < -0.39 is 0 Å². The van der Waals surface area contributed by atoms with Crippen LogP contribution in [0.2, 0.25) is 0 Å². The SMILES string of the molecule is C=C(C)COc1ccccc1CN(Cc1cccnc1)Cc1ccco1. The number of aromatic nitrogens is 1. The van der Waals surface area contributed by atoms with Gasteiger partial charge in [0.2, 0.25) is 0 Å². The van der Waals surface area contributed by atoms with E-state index in [1.165, 1.54) is 5.56 Å². The van der Waals surface area contributed by atoms with E-state index in [2.05, 4.69) is 28.6 Å². The van der Waals surface area contributed by atoms with Gasteiger partial charge in [0.05, 0.1) is 12.8 Å². The summed E-state index contributed by atoms with van der Waals surface area (Å²) in [5.74, 6) is 1.83. The molecule has 0 saturated heterocycles. The molecule has 4 heteroatoms. The average Bonchev–Trinajstić information content (AvgIpc) is 3.15. The molecular weight excluding hydrogens is 324 g/mol. The summed E-state index contributed by atoms with van der Waals surface area (Å²) in [5, 5.41) is 0. The molecule has 4 nitrogen and oxygen atoms in total. The van der Waals surface area contributed by atoms with Crippen molar-refractivity contribution in [1.82, 2.24) is 9.88 Å². The van der Waals surface area contributed by atoms with Gasteiger partial charge in [-0.15, -0.1) is 0 Å². The minimum atomic E-state index is 0.526. The average molecular weight is 348 g/mol. The van der Waals surface area contributed by atoms with Gasteiger partial charge in [-0.1, -0.05) is 30.8 Å². The molecule has 0 fully saturated rings. The van der Waals surface area contributed by atoms with Crippen LogP contribution in [0, 0.1) is 0 Å². The Kier molecular flexibility index (Phi) is 6.23. The third kappa shape index (κ3) is 5.33. The molecule has 26 heavy (non-hydrogen) atoms. The van der Waals surface area contributed by atoms with E-state index in [4.69, 9.17) is 9.15 Å². The molecule has 0 aliphatic heterocycles. The van der Waals surface area contributed by atoms with Crippen LogP contribution in [0.15, 0.2) is 83.8 Å². The van der Waals surface area contributed by atoms with Gasteiger partial charge < -0.3 is 9.15 Å². The van der Waals surface area contributed by atoms with Crippen LogP contribution < -0.4 is 4.74 Å². The summed E-state index contributed by atoms with van der Waals surface area (Å²) < 4.78 is 11.5. The lowest BCUT2D eigenvalue weighted by Gasteiger charge is -2.23. The summed E-state index contributed by atoms with van der Waals surface area (Å²) in [5.41, 5.74) is 3.31. The molecule has 3 rings (SSSR count). The van der Waals surface area contributed by atoms with Crippen molar-refractivity contribution < 1.29 is 9.15 Å². The molecule has 2 heterocycles. The van der Waals surface area contributed by atoms with Crippen molar-refractivity contribution in [3.05, 3.63) is 96.2 Å². The van der Waals surface area contributed by atoms with Crippen molar-refractivity contribution in [2.24, 2.45) is 0 Å². The Morgan fingerprint density at radius 1 is 1.08 bits per heavy atom. The molecule has 0 bridgehead atoms. The smallest absolute Gasteiger partial charge is 0.124 e. The summed E-state index contributed by atoms with van der Waals surface area (Å²) in [6.45, 7) is 8.66. The molecule has 0 atom stereocenters. The molecular formula is C22H24N2O2. The fourth-order valence-electron chi connectivity index (χ4n) is 2.76. The second kappa shape index (κ2) is 9.02. The highest BCUT2D eigenvalue weighted by Gasteiger charge is 2.13. The first-order valence-corrected chi connectivity index (χ1v) is 8.69. The van der Waals surface area contributed by atoms with Gasteiger partial charge in [-0.3, -0.25) is 9.88 Å². The second-order valence-electron chi connectivity index (χ2n) is 6.44. The number of pyridine rings is 1. The molecule has 0 unspecified atom stereocenters. The number of para-hydroxylation sites is 1. The zero-order chi connectivity index (χ0) is 18.2. The molecule has 0 N–H and O–H groups in total. The highest BCUT2D eigenvalue weighted by molar-refractivity contribution is 5.33. The predicted molar refractivity (Wildman–Crippen MR) is 103 cm³/mol. The normalized spacial score (nSPS) is 10.8. The summed E-state index contributed by atoms with van der Waals surface area (Å²) >= 11 is 0. The first kappa shape index (κ1) is 18.0. The minimum absolute atomic E-state index is 0.526. The van der Waals surface area contributed by atoms with Crippen LogP contribution >= 0.6 is 0 Å². The summed E-state index contributed by atoms with van der Waals surface area (Å²) in [6.07, 6.45) is 5.40. The van der Waals surface area contributed by atoms with Gasteiger partial charge in [0.1, 0.15) is 18.1 Å². The maximum Gasteiger partial charge on any atom is 0.124 e. The Bertz CT molecular complexity index is 813. The predicted octanol–water partition coefficient (Wildman–Crippen LogP) is 4.83.